The van der Waals surface area contributed by atoms with Crippen molar-refractivity contribution in [1.82, 2.24) is 5.16 Å². The number of aromatic nitrogens is 1. The topological polar surface area (TPSA) is 72.6 Å². The van der Waals surface area contributed by atoms with Crippen LogP contribution < -0.4 is 4.74 Å². The number of benzene rings is 1. The summed E-state index contributed by atoms with van der Waals surface area (Å²) in [5, 5.41) is 12.8. The number of hydrogen-bond donors (Lipinski definition) is 1. The van der Waals surface area contributed by atoms with Crippen LogP contribution in [-0.2, 0) is 0 Å². The molecule has 0 atom stereocenters. The highest BCUT2D eigenvalue weighted by Gasteiger charge is 2.16. The normalized spacial score (nSPS) is 10.4. The quantitative estimate of drug-likeness (QED) is 0.925. The minimum atomic E-state index is -1.14. The summed E-state index contributed by atoms with van der Waals surface area (Å²) in [7, 11) is 1.52. The molecule has 0 fully saturated rings. The zero-order valence-electron chi connectivity index (χ0n) is 9.73. The van der Waals surface area contributed by atoms with Crippen LogP contribution >= 0.6 is 11.6 Å². The fourth-order valence-corrected chi connectivity index (χ4v) is 1.74. The fourth-order valence-electron chi connectivity index (χ4n) is 1.53. The summed E-state index contributed by atoms with van der Waals surface area (Å²) >= 11 is 6.06. The Bertz CT molecular complexity index is 606. The SMILES string of the molecule is COc1cc(Cl)c(C)c(-c2cc(C(=O)O)no2)c1. The van der Waals surface area contributed by atoms with Gasteiger partial charge in [-0.15, -0.1) is 0 Å². The summed E-state index contributed by atoms with van der Waals surface area (Å²) in [6.07, 6.45) is 0. The van der Waals surface area contributed by atoms with Crippen LogP contribution in [0.15, 0.2) is 22.7 Å². The van der Waals surface area contributed by atoms with Crippen LogP contribution in [0.25, 0.3) is 11.3 Å². The molecule has 1 aromatic heterocycles. The third-order valence-corrected chi connectivity index (χ3v) is 2.94. The lowest BCUT2D eigenvalue weighted by Crippen LogP contribution is -1.94. The minimum Gasteiger partial charge on any atom is -0.497 e. The summed E-state index contributed by atoms with van der Waals surface area (Å²) in [6.45, 7) is 1.81. The summed E-state index contributed by atoms with van der Waals surface area (Å²) in [6, 6.07) is 4.74. The molecular weight excluding hydrogens is 258 g/mol. The molecule has 1 N–H and O–H groups in total. The molecule has 94 valence electrons. The molecule has 1 heterocycles. The zero-order valence-corrected chi connectivity index (χ0v) is 10.5. The van der Waals surface area contributed by atoms with Gasteiger partial charge in [0.2, 0.25) is 0 Å². The zero-order chi connectivity index (χ0) is 13.3. The van der Waals surface area contributed by atoms with Gasteiger partial charge in [-0.2, -0.15) is 0 Å². The highest BCUT2D eigenvalue weighted by Crippen LogP contribution is 2.33. The van der Waals surface area contributed by atoms with E-state index in [9.17, 15) is 4.79 Å². The van der Waals surface area contributed by atoms with Gasteiger partial charge in [-0.05, 0) is 24.6 Å². The lowest BCUT2D eigenvalue weighted by atomic mass is 10.1. The third-order valence-electron chi connectivity index (χ3n) is 2.55. The van der Waals surface area contributed by atoms with Crippen LogP contribution in [0.1, 0.15) is 16.1 Å². The molecule has 0 aliphatic carbocycles. The number of methoxy groups -OCH3 is 1. The lowest BCUT2D eigenvalue weighted by molar-refractivity contribution is 0.0686. The molecule has 0 saturated carbocycles. The number of halogens is 1. The third kappa shape index (κ3) is 2.17. The summed E-state index contributed by atoms with van der Waals surface area (Å²) in [4.78, 5) is 10.7. The van der Waals surface area contributed by atoms with Gasteiger partial charge >= 0.3 is 5.97 Å². The van der Waals surface area contributed by atoms with E-state index >= 15 is 0 Å². The molecule has 0 unspecified atom stereocenters. The van der Waals surface area contributed by atoms with Crippen LogP contribution in [-0.4, -0.2) is 23.3 Å². The van der Waals surface area contributed by atoms with Crippen LogP contribution in [0, 0.1) is 6.92 Å². The molecule has 0 aliphatic heterocycles. The van der Waals surface area contributed by atoms with E-state index in [1.165, 1.54) is 13.2 Å². The predicted molar refractivity (Wildman–Crippen MR) is 65.2 cm³/mol. The van der Waals surface area contributed by atoms with Crippen molar-refractivity contribution in [1.29, 1.82) is 0 Å². The van der Waals surface area contributed by atoms with Gasteiger partial charge in [0.15, 0.2) is 11.5 Å². The largest absolute Gasteiger partial charge is 0.497 e. The van der Waals surface area contributed by atoms with Gasteiger partial charge in [-0.1, -0.05) is 16.8 Å². The molecule has 1 aromatic carbocycles. The smallest absolute Gasteiger partial charge is 0.358 e. The lowest BCUT2D eigenvalue weighted by Gasteiger charge is -2.07. The second kappa shape index (κ2) is 4.70. The van der Waals surface area contributed by atoms with Crippen molar-refractivity contribution in [2.45, 2.75) is 6.92 Å². The van der Waals surface area contributed by atoms with E-state index < -0.39 is 5.97 Å². The maximum absolute atomic E-state index is 10.7. The van der Waals surface area contributed by atoms with E-state index in [0.29, 0.717) is 22.1 Å². The maximum atomic E-state index is 10.7. The van der Waals surface area contributed by atoms with Gasteiger partial charge in [0.05, 0.1) is 7.11 Å². The highest BCUT2D eigenvalue weighted by atomic mass is 35.5. The van der Waals surface area contributed by atoms with Crippen molar-refractivity contribution in [3.63, 3.8) is 0 Å². The van der Waals surface area contributed by atoms with Crippen molar-refractivity contribution in [2.75, 3.05) is 7.11 Å². The van der Waals surface area contributed by atoms with E-state index in [-0.39, 0.29) is 5.69 Å². The Kier molecular flexibility index (Phi) is 3.25. The molecule has 0 amide bonds. The number of nitrogens with zero attached hydrogens (tertiary/aromatic N) is 1. The average molecular weight is 268 g/mol. The number of rotatable bonds is 3. The Morgan fingerprint density at radius 3 is 2.72 bits per heavy atom. The van der Waals surface area contributed by atoms with Gasteiger partial charge < -0.3 is 14.4 Å². The molecule has 0 aliphatic rings. The molecule has 0 bridgehead atoms. The molecular formula is C12H10ClNO4. The Hall–Kier alpha value is -2.01. The van der Waals surface area contributed by atoms with E-state index in [2.05, 4.69) is 5.16 Å². The summed E-state index contributed by atoms with van der Waals surface area (Å²) < 4.78 is 10.1. The van der Waals surface area contributed by atoms with Crippen molar-refractivity contribution >= 4 is 17.6 Å². The van der Waals surface area contributed by atoms with Crippen molar-refractivity contribution in [2.24, 2.45) is 0 Å². The minimum absolute atomic E-state index is 0.150. The first-order chi connectivity index (χ1) is 8.52. The molecule has 0 radical (unpaired) electrons. The molecule has 6 heteroatoms. The van der Waals surface area contributed by atoms with Gasteiger partial charge in [-0.25, -0.2) is 4.79 Å². The Morgan fingerprint density at radius 2 is 2.17 bits per heavy atom. The van der Waals surface area contributed by atoms with E-state index in [0.717, 1.165) is 5.56 Å². The number of ether oxygens (including phenoxy) is 1. The summed E-state index contributed by atoms with van der Waals surface area (Å²) in [5.41, 5.74) is 1.27. The summed E-state index contributed by atoms with van der Waals surface area (Å²) in [5.74, 6) is -0.240. The van der Waals surface area contributed by atoms with Crippen molar-refractivity contribution in [3.8, 4) is 17.1 Å². The molecule has 0 saturated heterocycles. The number of carboxylic acid groups (broad SMARTS) is 1. The Morgan fingerprint density at radius 1 is 1.44 bits per heavy atom. The molecule has 2 rings (SSSR count). The van der Waals surface area contributed by atoms with Crippen LogP contribution in [0.4, 0.5) is 0 Å². The molecule has 5 nitrogen and oxygen atoms in total. The van der Waals surface area contributed by atoms with E-state index in [1.54, 1.807) is 19.1 Å². The van der Waals surface area contributed by atoms with Gasteiger partial charge in [0, 0.05) is 16.7 Å². The molecule has 18 heavy (non-hydrogen) atoms. The van der Waals surface area contributed by atoms with Gasteiger partial charge in [-0.3, -0.25) is 0 Å². The van der Waals surface area contributed by atoms with E-state index in [4.69, 9.17) is 26.0 Å². The number of carboxylic acids is 1. The first kappa shape index (κ1) is 12.4. The number of carbonyl (C=O) groups is 1. The predicted octanol–water partition coefficient (Wildman–Crippen LogP) is 3.01. The average Bonchev–Trinajstić information content (AvgIpc) is 2.82. The van der Waals surface area contributed by atoms with E-state index in [1.807, 2.05) is 0 Å². The Balaban J connectivity index is 2.55. The van der Waals surface area contributed by atoms with Crippen LogP contribution in [0.2, 0.25) is 5.02 Å². The monoisotopic (exact) mass is 267 g/mol. The van der Waals surface area contributed by atoms with Gasteiger partial charge in [0.1, 0.15) is 5.75 Å². The highest BCUT2D eigenvalue weighted by molar-refractivity contribution is 6.31. The fraction of sp³-hybridized carbons (Fsp3) is 0.167. The number of aromatic carboxylic acids is 1. The van der Waals surface area contributed by atoms with Crippen molar-refractivity contribution < 1.29 is 19.2 Å². The second-order valence-corrected chi connectivity index (χ2v) is 4.07. The van der Waals surface area contributed by atoms with Crippen molar-refractivity contribution in [3.05, 3.63) is 34.5 Å². The first-order valence-corrected chi connectivity index (χ1v) is 5.45. The Labute approximate surface area is 108 Å². The van der Waals surface area contributed by atoms with Gasteiger partial charge in [0.25, 0.3) is 0 Å². The molecule has 2 aromatic rings. The van der Waals surface area contributed by atoms with Crippen LogP contribution in [0.3, 0.4) is 0 Å². The standard InChI is InChI=1S/C12H10ClNO4/c1-6-8(3-7(17-2)4-9(6)13)11-5-10(12(15)16)14-18-11/h3-5H,1-2H3,(H,15,16). The first-order valence-electron chi connectivity index (χ1n) is 5.07. The second-order valence-electron chi connectivity index (χ2n) is 3.66. The van der Waals surface area contributed by atoms with Crippen LogP contribution in [0.5, 0.6) is 5.75 Å². The molecule has 0 spiro atoms. The maximum Gasteiger partial charge on any atom is 0.358 e. The number of hydrogen-bond acceptors (Lipinski definition) is 4.